The maximum absolute atomic E-state index is 13.9. The van der Waals surface area contributed by atoms with Gasteiger partial charge >= 0.3 is 0 Å². The number of hydrogen-bond acceptors (Lipinski definition) is 4. The van der Waals surface area contributed by atoms with Gasteiger partial charge in [0.2, 0.25) is 0 Å². The Morgan fingerprint density at radius 1 is 1.05 bits per heavy atom. The fourth-order valence-corrected chi connectivity index (χ4v) is 5.69. The molecule has 0 aromatic heterocycles. The van der Waals surface area contributed by atoms with Gasteiger partial charge in [0.15, 0.2) is 6.10 Å². The van der Waals surface area contributed by atoms with Crippen molar-refractivity contribution in [3.8, 4) is 11.1 Å². The van der Waals surface area contributed by atoms with Gasteiger partial charge in [-0.05, 0) is 83.8 Å². The molecule has 1 amide bonds. The molecule has 0 bridgehead atoms. The van der Waals surface area contributed by atoms with Crippen molar-refractivity contribution in [1.82, 2.24) is 10.2 Å². The molecule has 3 aromatic rings. The number of rotatable bonds is 5. The number of nitrogens with one attached hydrogen (secondary N) is 1. The number of amidine groups is 1. The zero-order chi connectivity index (χ0) is 26.3. The standard InChI is InChI=1S/C31H29ClFN3O2/c32-25-11-9-20(10-12-25)21-4-1-5-22(16-21)28(37)29(38)36-15-3-8-27-23(19-36)18-34-30(35-27)31(13-14-31)24-6-2-7-26(33)17-24/h1-2,4-7,9-12,16-17,28,37H,3,8,13-15,18-19H2,(H,34,35). The summed E-state index contributed by atoms with van der Waals surface area (Å²) in [5, 5.41) is 15.3. The minimum atomic E-state index is -1.25. The van der Waals surface area contributed by atoms with Crippen molar-refractivity contribution in [1.29, 1.82) is 0 Å². The summed E-state index contributed by atoms with van der Waals surface area (Å²) in [7, 11) is 0. The Bertz CT molecular complexity index is 1450. The summed E-state index contributed by atoms with van der Waals surface area (Å²) < 4.78 is 13.9. The summed E-state index contributed by atoms with van der Waals surface area (Å²) in [4.78, 5) is 20.0. The molecule has 2 heterocycles. The quantitative estimate of drug-likeness (QED) is 0.440. The number of nitrogens with zero attached hydrogens (tertiary/aromatic N) is 2. The molecule has 1 unspecified atom stereocenters. The third-order valence-electron chi connectivity index (χ3n) is 7.87. The zero-order valence-electron chi connectivity index (χ0n) is 21.0. The molecule has 2 N–H and O–H groups in total. The van der Waals surface area contributed by atoms with E-state index in [0.717, 1.165) is 59.5 Å². The van der Waals surface area contributed by atoms with Gasteiger partial charge in [-0.2, -0.15) is 0 Å². The van der Waals surface area contributed by atoms with Gasteiger partial charge in [-0.3, -0.25) is 9.79 Å². The minimum absolute atomic E-state index is 0.231. The van der Waals surface area contributed by atoms with Gasteiger partial charge < -0.3 is 15.3 Å². The van der Waals surface area contributed by atoms with Crippen LogP contribution in [-0.4, -0.2) is 41.4 Å². The minimum Gasteiger partial charge on any atom is -0.378 e. The molecule has 3 aliphatic rings. The molecule has 1 fully saturated rings. The van der Waals surface area contributed by atoms with E-state index in [0.29, 0.717) is 30.2 Å². The lowest BCUT2D eigenvalue weighted by Gasteiger charge is -2.28. The predicted octanol–water partition coefficient (Wildman–Crippen LogP) is 5.79. The Morgan fingerprint density at radius 2 is 1.84 bits per heavy atom. The van der Waals surface area contributed by atoms with Gasteiger partial charge in [-0.15, -0.1) is 0 Å². The lowest BCUT2D eigenvalue weighted by Crippen LogP contribution is -2.40. The smallest absolute Gasteiger partial charge is 0.256 e. The first-order valence-electron chi connectivity index (χ1n) is 13.0. The van der Waals surface area contributed by atoms with Crippen LogP contribution in [0.25, 0.3) is 11.1 Å². The number of hydrogen-bond donors (Lipinski definition) is 2. The van der Waals surface area contributed by atoms with Crippen LogP contribution in [0.2, 0.25) is 5.02 Å². The van der Waals surface area contributed by atoms with E-state index >= 15 is 0 Å². The lowest BCUT2D eigenvalue weighted by molar-refractivity contribution is -0.140. The van der Waals surface area contributed by atoms with Crippen LogP contribution in [0, 0.1) is 5.82 Å². The molecule has 38 heavy (non-hydrogen) atoms. The van der Waals surface area contributed by atoms with E-state index < -0.39 is 6.10 Å². The Kier molecular flexibility index (Phi) is 6.54. The van der Waals surface area contributed by atoms with E-state index in [1.807, 2.05) is 48.5 Å². The Balaban J connectivity index is 1.16. The molecule has 1 saturated carbocycles. The zero-order valence-corrected chi connectivity index (χ0v) is 21.7. The number of allylic oxidation sites excluding steroid dienone is 1. The van der Waals surface area contributed by atoms with E-state index in [1.165, 1.54) is 6.07 Å². The molecule has 0 radical (unpaired) electrons. The summed E-state index contributed by atoms with van der Waals surface area (Å²) in [6.45, 7) is 1.49. The second-order valence-corrected chi connectivity index (χ2v) is 10.8. The van der Waals surface area contributed by atoms with Crippen molar-refractivity contribution >= 4 is 23.3 Å². The van der Waals surface area contributed by atoms with E-state index in [2.05, 4.69) is 5.32 Å². The molecule has 3 aromatic carbocycles. The average Bonchev–Trinajstić information content (AvgIpc) is 3.77. The maximum Gasteiger partial charge on any atom is 0.256 e. The van der Waals surface area contributed by atoms with Crippen molar-refractivity contribution in [3.05, 3.63) is 106 Å². The molecule has 7 heteroatoms. The monoisotopic (exact) mass is 529 g/mol. The van der Waals surface area contributed by atoms with Crippen molar-refractivity contribution in [2.75, 3.05) is 19.6 Å². The average molecular weight is 530 g/mol. The van der Waals surface area contributed by atoms with E-state index in [-0.39, 0.29) is 17.1 Å². The largest absolute Gasteiger partial charge is 0.378 e. The van der Waals surface area contributed by atoms with Crippen molar-refractivity contribution < 1.29 is 14.3 Å². The van der Waals surface area contributed by atoms with Gasteiger partial charge in [0, 0.05) is 23.8 Å². The van der Waals surface area contributed by atoms with Crippen LogP contribution >= 0.6 is 11.6 Å². The van der Waals surface area contributed by atoms with Gasteiger partial charge in [0.05, 0.1) is 12.0 Å². The highest BCUT2D eigenvalue weighted by atomic mass is 35.5. The highest BCUT2D eigenvalue weighted by Gasteiger charge is 2.50. The topological polar surface area (TPSA) is 64.9 Å². The molecule has 2 aliphatic heterocycles. The SMILES string of the molecule is O=C(C(O)c1cccc(-c2ccc(Cl)cc2)c1)N1CCCC2=C(CN=C(C3(c4cccc(F)c4)CC3)N2)C1. The third-order valence-corrected chi connectivity index (χ3v) is 8.12. The Hall–Kier alpha value is -3.48. The van der Waals surface area contributed by atoms with Gasteiger partial charge in [0.25, 0.3) is 5.91 Å². The molecule has 1 atom stereocenters. The van der Waals surface area contributed by atoms with Crippen LogP contribution in [0.5, 0.6) is 0 Å². The lowest BCUT2D eigenvalue weighted by atomic mass is 9.93. The van der Waals surface area contributed by atoms with Crippen molar-refractivity contribution in [2.24, 2.45) is 4.99 Å². The van der Waals surface area contributed by atoms with Crippen LogP contribution in [0.15, 0.2) is 89.1 Å². The highest BCUT2D eigenvalue weighted by Crippen LogP contribution is 2.50. The Labute approximate surface area is 226 Å². The molecule has 6 rings (SSSR count). The van der Waals surface area contributed by atoms with Crippen LogP contribution < -0.4 is 5.32 Å². The number of carbonyl (C=O) groups is 1. The Morgan fingerprint density at radius 3 is 2.61 bits per heavy atom. The van der Waals surface area contributed by atoms with Crippen molar-refractivity contribution in [2.45, 2.75) is 37.2 Å². The van der Waals surface area contributed by atoms with Gasteiger partial charge in [-0.1, -0.05) is 54.1 Å². The fourth-order valence-electron chi connectivity index (χ4n) is 5.56. The van der Waals surface area contributed by atoms with Gasteiger partial charge in [-0.25, -0.2) is 4.39 Å². The predicted molar refractivity (Wildman–Crippen MR) is 147 cm³/mol. The molecular weight excluding hydrogens is 501 g/mol. The summed E-state index contributed by atoms with van der Waals surface area (Å²) in [5.41, 5.74) is 5.33. The third kappa shape index (κ3) is 4.74. The van der Waals surface area contributed by atoms with E-state index in [4.69, 9.17) is 16.6 Å². The molecule has 1 aliphatic carbocycles. The number of benzene rings is 3. The summed E-state index contributed by atoms with van der Waals surface area (Å²) in [6, 6.07) is 21.7. The van der Waals surface area contributed by atoms with Crippen LogP contribution in [0.4, 0.5) is 4.39 Å². The highest BCUT2D eigenvalue weighted by molar-refractivity contribution is 6.30. The molecule has 0 saturated heterocycles. The second kappa shape index (κ2) is 10.0. The number of amides is 1. The maximum atomic E-state index is 13.9. The number of halogens is 2. The van der Waals surface area contributed by atoms with Gasteiger partial charge in [0.1, 0.15) is 11.7 Å². The summed E-state index contributed by atoms with van der Waals surface area (Å²) in [5.74, 6) is 0.367. The fraction of sp³-hybridized carbons (Fsp3) is 0.290. The van der Waals surface area contributed by atoms with Crippen LogP contribution in [0.3, 0.4) is 0 Å². The summed E-state index contributed by atoms with van der Waals surface area (Å²) >= 11 is 6.02. The second-order valence-electron chi connectivity index (χ2n) is 10.4. The first kappa shape index (κ1) is 24.8. The first-order chi connectivity index (χ1) is 18.4. The molecule has 194 valence electrons. The molecular formula is C31H29ClFN3O2. The van der Waals surface area contributed by atoms with E-state index in [9.17, 15) is 14.3 Å². The molecule has 0 spiro atoms. The molecule has 5 nitrogen and oxygen atoms in total. The number of carbonyl (C=O) groups excluding carboxylic acids is 1. The number of aliphatic hydroxyl groups is 1. The first-order valence-corrected chi connectivity index (χ1v) is 13.4. The van der Waals surface area contributed by atoms with Crippen LogP contribution in [-0.2, 0) is 10.2 Å². The van der Waals surface area contributed by atoms with E-state index in [1.54, 1.807) is 23.1 Å². The number of aliphatic hydroxyl groups excluding tert-OH is 1. The van der Waals surface area contributed by atoms with Crippen LogP contribution in [0.1, 0.15) is 42.9 Å². The number of aliphatic imine (C=N–C) groups is 1. The normalized spacial score (nSPS) is 19.1. The van der Waals surface area contributed by atoms with Crippen molar-refractivity contribution in [3.63, 3.8) is 0 Å². The summed E-state index contributed by atoms with van der Waals surface area (Å²) in [6.07, 6.45) is 2.23.